The van der Waals surface area contributed by atoms with Gasteiger partial charge < -0.3 is 10.6 Å². The first-order valence-electron chi connectivity index (χ1n) is 6.22. The highest BCUT2D eigenvalue weighted by atomic mass is 16.2. The molecule has 17 heavy (non-hydrogen) atoms. The van der Waals surface area contributed by atoms with Gasteiger partial charge in [-0.05, 0) is 43.0 Å². The molecular formula is C13H17N3O. The molecule has 3 rings (SSSR count). The Kier molecular flexibility index (Phi) is 2.63. The number of benzene rings is 1. The molecule has 2 aliphatic rings. The predicted molar refractivity (Wildman–Crippen MR) is 68.4 cm³/mol. The van der Waals surface area contributed by atoms with Crippen molar-refractivity contribution in [3.63, 3.8) is 0 Å². The molecule has 2 N–H and O–H groups in total. The number of nitrogens with zero attached hydrogens (tertiary/aromatic N) is 1. The van der Waals surface area contributed by atoms with Crippen LogP contribution in [0.3, 0.4) is 0 Å². The molecule has 0 bridgehead atoms. The Labute approximate surface area is 101 Å². The SMILES string of the molecule is O=C1NCCN1c1ccc(NCC2CC2)cc1. The number of anilines is 2. The summed E-state index contributed by atoms with van der Waals surface area (Å²) in [6.45, 7) is 2.57. The zero-order chi connectivity index (χ0) is 11.7. The Morgan fingerprint density at radius 2 is 2.06 bits per heavy atom. The molecule has 1 aromatic carbocycles. The van der Waals surface area contributed by atoms with E-state index >= 15 is 0 Å². The average Bonchev–Trinajstić information content (AvgIpc) is 3.09. The number of carbonyl (C=O) groups excluding carboxylic acids is 1. The van der Waals surface area contributed by atoms with E-state index in [0.717, 1.165) is 36.9 Å². The van der Waals surface area contributed by atoms with Crippen molar-refractivity contribution in [2.24, 2.45) is 5.92 Å². The molecule has 2 fully saturated rings. The van der Waals surface area contributed by atoms with Crippen molar-refractivity contribution >= 4 is 17.4 Å². The molecule has 2 amide bonds. The Hall–Kier alpha value is -1.71. The number of hydrogen-bond acceptors (Lipinski definition) is 2. The van der Waals surface area contributed by atoms with E-state index < -0.39 is 0 Å². The van der Waals surface area contributed by atoms with Gasteiger partial charge in [-0.3, -0.25) is 4.90 Å². The fourth-order valence-electron chi connectivity index (χ4n) is 2.06. The molecule has 0 atom stereocenters. The largest absolute Gasteiger partial charge is 0.385 e. The highest BCUT2D eigenvalue weighted by Crippen LogP contribution is 2.29. The molecule has 0 spiro atoms. The maximum absolute atomic E-state index is 11.5. The minimum atomic E-state index is 0.00342. The van der Waals surface area contributed by atoms with Crippen LogP contribution >= 0.6 is 0 Å². The van der Waals surface area contributed by atoms with E-state index in [4.69, 9.17) is 0 Å². The van der Waals surface area contributed by atoms with Crippen molar-refractivity contribution in [2.45, 2.75) is 12.8 Å². The van der Waals surface area contributed by atoms with Crippen molar-refractivity contribution in [1.82, 2.24) is 5.32 Å². The van der Waals surface area contributed by atoms with Gasteiger partial charge in [-0.2, -0.15) is 0 Å². The first-order chi connectivity index (χ1) is 8.33. The molecule has 1 heterocycles. The van der Waals surface area contributed by atoms with Gasteiger partial charge in [0.05, 0.1) is 0 Å². The minimum Gasteiger partial charge on any atom is -0.385 e. The third kappa shape index (κ3) is 2.35. The lowest BCUT2D eigenvalue weighted by atomic mass is 10.2. The van der Waals surface area contributed by atoms with Gasteiger partial charge >= 0.3 is 6.03 Å². The first kappa shape index (κ1) is 10.4. The van der Waals surface area contributed by atoms with Crippen LogP contribution in [0, 0.1) is 5.92 Å². The molecule has 4 heteroatoms. The van der Waals surface area contributed by atoms with E-state index in [1.165, 1.54) is 12.8 Å². The average molecular weight is 231 g/mol. The number of nitrogens with one attached hydrogen (secondary N) is 2. The lowest BCUT2D eigenvalue weighted by molar-refractivity contribution is 0.252. The zero-order valence-corrected chi connectivity index (χ0v) is 9.78. The molecule has 1 saturated heterocycles. The summed E-state index contributed by atoms with van der Waals surface area (Å²) < 4.78 is 0. The number of hydrogen-bond donors (Lipinski definition) is 2. The summed E-state index contributed by atoms with van der Waals surface area (Å²) in [5.74, 6) is 0.874. The highest BCUT2D eigenvalue weighted by molar-refractivity contribution is 5.94. The highest BCUT2D eigenvalue weighted by Gasteiger charge is 2.22. The number of carbonyl (C=O) groups is 1. The van der Waals surface area contributed by atoms with Crippen LogP contribution in [0.4, 0.5) is 16.2 Å². The third-order valence-corrected chi connectivity index (χ3v) is 3.33. The van der Waals surface area contributed by atoms with Gasteiger partial charge in [-0.1, -0.05) is 0 Å². The number of urea groups is 1. The Bertz CT molecular complexity index is 411. The lowest BCUT2D eigenvalue weighted by Crippen LogP contribution is -2.27. The summed E-state index contributed by atoms with van der Waals surface area (Å²) in [6, 6.07) is 8.09. The van der Waals surface area contributed by atoms with Gasteiger partial charge in [-0.15, -0.1) is 0 Å². The number of amides is 2. The maximum atomic E-state index is 11.5. The Morgan fingerprint density at radius 1 is 1.29 bits per heavy atom. The van der Waals surface area contributed by atoms with E-state index in [-0.39, 0.29) is 6.03 Å². The summed E-state index contributed by atoms with van der Waals surface area (Å²) in [7, 11) is 0. The van der Waals surface area contributed by atoms with Crippen LogP contribution in [0.5, 0.6) is 0 Å². The molecule has 1 aliphatic carbocycles. The van der Waals surface area contributed by atoms with Crippen LogP contribution in [0.25, 0.3) is 0 Å². The quantitative estimate of drug-likeness (QED) is 0.833. The molecule has 1 saturated carbocycles. The summed E-state index contributed by atoms with van der Waals surface area (Å²) in [4.78, 5) is 13.3. The second-order valence-electron chi connectivity index (χ2n) is 4.75. The van der Waals surface area contributed by atoms with Crippen LogP contribution < -0.4 is 15.5 Å². The van der Waals surface area contributed by atoms with Crippen LogP contribution in [0.1, 0.15) is 12.8 Å². The molecular weight excluding hydrogens is 214 g/mol. The molecule has 4 nitrogen and oxygen atoms in total. The second kappa shape index (κ2) is 4.28. The number of rotatable bonds is 4. The molecule has 0 unspecified atom stereocenters. The maximum Gasteiger partial charge on any atom is 0.321 e. The molecule has 1 aromatic rings. The Morgan fingerprint density at radius 3 is 2.65 bits per heavy atom. The second-order valence-corrected chi connectivity index (χ2v) is 4.75. The Balaban J connectivity index is 1.64. The van der Waals surface area contributed by atoms with E-state index in [2.05, 4.69) is 10.6 Å². The molecule has 0 radical (unpaired) electrons. The standard InChI is InChI=1S/C13H17N3O/c17-13-14-7-8-16(13)12-5-3-11(4-6-12)15-9-10-1-2-10/h3-6,10,15H,1-2,7-9H2,(H,14,17). The fraction of sp³-hybridized carbons (Fsp3) is 0.462. The van der Waals surface area contributed by atoms with Crippen molar-refractivity contribution in [3.8, 4) is 0 Å². The fourth-order valence-corrected chi connectivity index (χ4v) is 2.06. The van der Waals surface area contributed by atoms with Crippen molar-refractivity contribution in [2.75, 3.05) is 29.9 Å². The van der Waals surface area contributed by atoms with Crippen LogP contribution in [-0.4, -0.2) is 25.7 Å². The summed E-state index contributed by atoms with van der Waals surface area (Å²) in [5.41, 5.74) is 2.11. The monoisotopic (exact) mass is 231 g/mol. The third-order valence-electron chi connectivity index (χ3n) is 3.33. The summed E-state index contributed by atoms with van der Waals surface area (Å²) in [5, 5.41) is 6.22. The van der Waals surface area contributed by atoms with Crippen molar-refractivity contribution < 1.29 is 4.79 Å². The minimum absolute atomic E-state index is 0.00342. The van der Waals surface area contributed by atoms with Gasteiger partial charge in [0.25, 0.3) is 0 Å². The van der Waals surface area contributed by atoms with Crippen LogP contribution in [0.2, 0.25) is 0 Å². The smallest absolute Gasteiger partial charge is 0.321 e. The predicted octanol–water partition coefficient (Wildman–Crippen LogP) is 2.04. The first-order valence-corrected chi connectivity index (χ1v) is 6.22. The summed E-state index contributed by atoms with van der Waals surface area (Å²) in [6.07, 6.45) is 2.72. The van der Waals surface area contributed by atoms with Crippen molar-refractivity contribution in [1.29, 1.82) is 0 Å². The summed E-state index contributed by atoms with van der Waals surface area (Å²) >= 11 is 0. The molecule has 90 valence electrons. The van der Waals surface area contributed by atoms with Gasteiger partial charge in [0.1, 0.15) is 0 Å². The lowest BCUT2D eigenvalue weighted by Gasteiger charge is -2.14. The van der Waals surface area contributed by atoms with Gasteiger partial charge in [-0.25, -0.2) is 4.79 Å². The van der Waals surface area contributed by atoms with Crippen molar-refractivity contribution in [3.05, 3.63) is 24.3 Å². The van der Waals surface area contributed by atoms with E-state index in [1.54, 1.807) is 4.90 Å². The van der Waals surface area contributed by atoms with Crippen LogP contribution in [-0.2, 0) is 0 Å². The molecule has 1 aliphatic heterocycles. The van der Waals surface area contributed by atoms with Gasteiger partial charge in [0, 0.05) is 31.0 Å². The van der Waals surface area contributed by atoms with E-state index in [1.807, 2.05) is 24.3 Å². The van der Waals surface area contributed by atoms with Crippen LogP contribution in [0.15, 0.2) is 24.3 Å². The van der Waals surface area contributed by atoms with Gasteiger partial charge in [0.15, 0.2) is 0 Å². The van der Waals surface area contributed by atoms with E-state index in [0.29, 0.717) is 0 Å². The normalized spacial score (nSPS) is 19.3. The topological polar surface area (TPSA) is 44.4 Å². The molecule has 0 aromatic heterocycles. The zero-order valence-electron chi connectivity index (χ0n) is 9.78. The van der Waals surface area contributed by atoms with E-state index in [9.17, 15) is 4.79 Å². The van der Waals surface area contributed by atoms with Gasteiger partial charge in [0.2, 0.25) is 0 Å².